The van der Waals surface area contributed by atoms with Crippen LogP contribution in [0, 0.1) is 0 Å². The normalized spacial score (nSPS) is 12.7. The number of halogens is 2. The van der Waals surface area contributed by atoms with Crippen molar-refractivity contribution in [3.05, 3.63) is 55.6 Å². The van der Waals surface area contributed by atoms with Crippen molar-refractivity contribution in [2.75, 3.05) is 0 Å². The SMILES string of the molecule is NNC(c1cc(Br)cs1)c1ccccc1Cl. The third-order valence-electron chi connectivity index (χ3n) is 2.26. The summed E-state index contributed by atoms with van der Waals surface area (Å²) in [6.07, 6.45) is 0. The highest BCUT2D eigenvalue weighted by Crippen LogP contribution is 2.32. The molecule has 0 radical (unpaired) electrons. The van der Waals surface area contributed by atoms with Crippen LogP contribution in [-0.2, 0) is 0 Å². The average molecular weight is 318 g/mol. The van der Waals surface area contributed by atoms with E-state index in [-0.39, 0.29) is 6.04 Å². The Kier molecular flexibility index (Phi) is 4.00. The molecule has 1 aromatic carbocycles. The molecular weight excluding hydrogens is 308 g/mol. The molecule has 2 rings (SSSR count). The number of thiophene rings is 1. The van der Waals surface area contributed by atoms with E-state index in [4.69, 9.17) is 17.4 Å². The first kappa shape index (κ1) is 12.1. The number of benzene rings is 1. The van der Waals surface area contributed by atoms with Gasteiger partial charge < -0.3 is 0 Å². The van der Waals surface area contributed by atoms with Crippen LogP contribution in [0.4, 0.5) is 0 Å². The Morgan fingerprint density at radius 1 is 1.38 bits per heavy atom. The lowest BCUT2D eigenvalue weighted by molar-refractivity contribution is 0.646. The maximum absolute atomic E-state index is 6.15. The van der Waals surface area contributed by atoms with E-state index in [1.54, 1.807) is 11.3 Å². The molecule has 0 amide bonds. The van der Waals surface area contributed by atoms with Gasteiger partial charge in [0.25, 0.3) is 0 Å². The Balaban J connectivity index is 2.40. The van der Waals surface area contributed by atoms with E-state index in [1.165, 1.54) is 0 Å². The maximum atomic E-state index is 6.15. The Hall–Kier alpha value is -0.390. The Morgan fingerprint density at radius 2 is 2.12 bits per heavy atom. The molecule has 0 aliphatic carbocycles. The molecule has 0 aliphatic heterocycles. The first-order valence-electron chi connectivity index (χ1n) is 4.67. The summed E-state index contributed by atoms with van der Waals surface area (Å²) in [5.41, 5.74) is 3.78. The Labute approximate surface area is 112 Å². The van der Waals surface area contributed by atoms with E-state index in [1.807, 2.05) is 35.7 Å². The molecule has 0 aliphatic rings. The van der Waals surface area contributed by atoms with E-state index in [0.29, 0.717) is 0 Å². The highest BCUT2D eigenvalue weighted by molar-refractivity contribution is 9.10. The Bertz CT molecular complexity index is 486. The van der Waals surface area contributed by atoms with Crippen molar-refractivity contribution in [2.45, 2.75) is 6.04 Å². The van der Waals surface area contributed by atoms with Gasteiger partial charge in [0.2, 0.25) is 0 Å². The highest BCUT2D eigenvalue weighted by Gasteiger charge is 2.16. The molecule has 84 valence electrons. The quantitative estimate of drug-likeness (QED) is 0.669. The number of nitrogens with two attached hydrogens (primary N) is 1. The van der Waals surface area contributed by atoms with Crippen LogP contribution >= 0.6 is 38.9 Å². The molecule has 0 fully saturated rings. The zero-order valence-corrected chi connectivity index (χ0v) is 11.4. The minimum atomic E-state index is -0.0648. The fraction of sp³-hybridized carbons (Fsp3) is 0.0909. The largest absolute Gasteiger partial charge is 0.271 e. The summed E-state index contributed by atoms with van der Waals surface area (Å²) in [5, 5.41) is 2.74. The van der Waals surface area contributed by atoms with Gasteiger partial charge in [-0.05, 0) is 33.6 Å². The summed E-state index contributed by atoms with van der Waals surface area (Å²) >= 11 is 11.2. The van der Waals surface area contributed by atoms with E-state index < -0.39 is 0 Å². The summed E-state index contributed by atoms with van der Waals surface area (Å²) in [5.74, 6) is 5.60. The number of hydrogen-bond donors (Lipinski definition) is 2. The molecule has 1 aromatic heterocycles. The lowest BCUT2D eigenvalue weighted by Crippen LogP contribution is -2.28. The van der Waals surface area contributed by atoms with Crippen LogP contribution in [0.1, 0.15) is 16.5 Å². The van der Waals surface area contributed by atoms with Gasteiger partial charge in [0.1, 0.15) is 0 Å². The lowest BCUT2D eigenvalue weighted by Gasteiger charge is -2.15. The van der Waals surface area contributed by atoms with Gasteiger partial charge in [0.15, 0.2) is 0 Å². The van der Waals surface area contributed by atoms with Gasteiger partial charge in [-0.2, -0.15) is 0 Å². The molecule has 0 saturated heterocycles. The minimum absolute atomic E-state index is 0.0648. The summed E-state index contributed by atoms with van der Waals surface area (Å²) in [6, 6.07) is 9.67. The van der Waals surface area contributed by atoms with Gasteiger partial charge in [-0.25, -0.2) is 5.43 Å². The number of hydrazine groups is 1. The first-order chi connectivity index (χ1) is 7.72. The van der Waals surface area contributed by atoms with Crippen molar-refractivity contribution in [1.29, 1.82) is 0 Å². The van der Waals surface area contributed by atoms with Crippen molar-refractivity contribution < 1.29 is 0 Å². The topological polar surface area (TPSA) is 38.0 Å². The molecule has 1 unspecified atom stereocenters. The van der Waals surface area contributed by atoms with Gasteiger partial charge in [0, 0.05) is 19.8 Å². The molecule has 16 heavy (non-hydrogen) atoms. The summed E-state index contributed by atoms with van der Waals surface area (Å²) in [7, 11) is 0. The van der Waals surface area contributed by atoms with Crippen molar-refractivity contribution >= 4 is 38.9 Å². The molecule has 1 heterocycles. The van der Waals surface area contributed by atoms with Crippen LogP contribution in [0.15, 0.2) is 40.2 Å². The highest BCUT2D eigenvalue weighted by atomic mass is 79.9. The minimum Gasteiger partial charge on any atom is -0.271 e. The fourth-order valence-corrected chi connectivity index (χ4v) is 3.28. The number of rotatable bonds is 3. The zero-order chi connectivity index (χ0) is 11.5. The van der Waals surface area contributed by atoms with Crippen LogP contribution in [0.25, 0.3) is 0 Å². The van der Waals surface area contributed by atoms with Crippen LogP contribution in [-0.4, -0.2) is 0 Å². The van der Waals surface area contributed by atoms with Crippen LogP contribution in [0.2, 0.25) is 5.02 Å². The van der Waals surface area contributed by atoms with Crippen LogP contribution < -0.4 is 11.3 Å². The molecule has 0 spiro atoms. The van der Waals surface area contributed by atoms with E-state index in [2.05, 4.69) is 21.4 Å². The average Bonchev–Trinajstić information content (AvgIpc) is 2.69. The van der Waals surface area contributed by atoms with E-state index >= 15 is 0 Å². The van der Waals surface area contributed by atoms with Gasteiger partial charge >= 0.3 is 0 Å². The molecule has 0 saturated carbocycles. The summed E-state index contributed by atoms with van der Waals surface area (Å²) in [6.45, 7) is 0. The fourth-order valence-electron chi connectivity index (χ4n) is 1.51. The van der Waals surface area contributed by atoms with Crippen molar-refractivity contribution in [3.63, 3.8) is 0 Å². The predicted molar refractivity (Wildman–Crippen MR) is 72.6 cm³/mol. The van der Waals surface area contributed by atoms with Crippen molar-refractivity contribution in [2.24, 2.45) is 5.84 Å². The summed E-state index contributed by atoms with van der Waals surface area (Å²) in [4.78, 5) is 1.13. The van der Waals surface area contributed by atoms with Crippen LogP contribution in [0.3, 0.4) is 0 Å². The number of nitrogens with one attached hydrogen (secondary N) is 1. The molecule has 0 bridgehead atoms. The number of hydrogen-bond acceptors (Lipinski definition) is 3. The van der Waals surface area contributed by atoms with Crippen molar-refractivity contribution in [3.8, 4) is 0 Å². The van der Waals surface area contributed by atoms with Gasteiger partial charge in [-0.3, -0.25) is 5.84 Å². The van der Waals surface area contributed by atoms with E-state index in [0.717, 1.165) is 19.9 Å². The second-order valence-electron chi connectivity index (χ2n) is 3.29. The van der Waals surface area contributed by atoms with Gasteiger partial charge in [-0.15, -0.1) is 11.3 Å². The van der Waals surface area contributed by atoms with Crippen LogP contribution in [0.5, 0.6) is 0 Å². The lowest BCUT2D eigenvalue weighted by atomic mass is 10.1. The van der Waals surface area contributed by atoms with Crippen molar-refractivity contribution in [1.82, 2.24) is 5.43 Å². The third-order valence-corrected chi connectivity index (χ3v) is 4.36. The van der Waals surface area contributed by atoms with Gasteiger partial charge in [0.05, 0.1) is 6.04 Å². The molecule has 1 atom stereocenters. The second kappa shape index (κ2) is 5.29. The first-order valence-corrected chi connectivity index (χ1v) is 6.72. The monoisotopic (exact) mass is 316 g/mol. The third kappa shape index (κ3) is 2.47. The second-order valence-corrected chi connectivity index (χ2v) is 5.55. The smallest absolute Gasteiger partial charge is 0.0817 e. The van der Waals surface area contributed by atoms with Gasteiger partial charge in [-0.1, -0.05) is 29.8 Å². The Morgan fingerprint density at radius 3 is 2.69 bits per heavy atom. The maximum Gasteiger partial charge on any atom is 0.0817 e. The molecule has 2 aromatic rings. The molecular formula is C11H10BrClN2S. The molecule has 5 heteroatoms. The molecule has 2 nitrogen and oxygen atoms in total. The van der Waals surface area contributed by atoms with E-state index in [9.17, 15) is 0 Å². The standard InChI is InChI=1S/C11H10BrClN2S/c12-7-5-10(16-6-7)11(15-14)8-3-1-2-4-9(8)13/h1-6,11,15H,14H2. The zero-order valence-electron chi connectivity index (χ0n) is 8.28. The summed E-state index contributed by atoms with van der Waals surface area (Å²) < 4.78 is 1.06. The predicted octanol–water partition coefficient (Wildman–Crippen LogP) is 3.72. The molecule has 3 N–H and O–H groups in total.